The zero-order valence-corrected chi connectivity index (χ0v) is 9.13. The number of ketones is 1. The van der Waals surface area contributed by atoms with E-state index < -0.39 is 5.97 Å². The molecule has 2 N–H and O–H groups in total. The molecule has 0 unspecified atom stereocenters. The van der Waals surface area contributed by atoms with Gasteiger partial charge < -0.3 is 14.9 Å². The molecule has 0 aliphatic carbocycles. The molecule has 0 aliphatic rings. The molecule has 6 heteroatoms. The molecule has 92 valence electrons. The van der Waals surface area contributed by atoms with Gasteiger partial charge in [0, 0.05) is 24.6 Å². The van der Waals surface area contributed by atoms with Crippen molar-refractivity contribution < 1.29 is 24.5 Å². The van der Waals surface area contributed by atoms with Gasteiger partial charge in [0.1, 0.15) is 0 Å². The monoisotopic (exact) mass is 239 g/mol. The second-order valence-corrected chi connectivity index (χ2v) is 3.30. The maximum absolute atomic E-state index is 11.4. The molecule has 0 bridgehead atoms. The minimum atomic E-state index is -0.593. The first-order valence-electron chi connectivity index (χ1n) is 4.93. The second kappa shape index (κ2) is 5.74. The lowest BCUT2D eigenvalue weighted by atomic mass is 10.3. The van der Waals surface area contributed by atoms with E-state index in [9.17, 15) is 19.8 Å². The third kappa shape index (κ3) is 3.67. The average Bonchev–Trinajstić information content (AvgIpc) is 2.60. The number of hydrogen-bond acceptors (Lipinski definition) is 5. The first kappa shape index (κ1) is 12.8. The fourth-order valence-electron chi connectivity index (χ4n) is 1.19. The Morgan fingerprint density at radius 2 is 1.94 bits per heavy atom. The van der Waals surface area contributed by atoms with Crippen LogP contribution in [0.4, 0.5) is 0 Å². The summed E-state index contributed by atoms with van der Waals surface area (Å²) in [6.07, 6.45) is 1.02. The van der Waals surface area contributed by atoms with E-state index >= 15 is 0 Å². The summed E-state index contributed by atoms with van der Waals surface area (Å²) < 4.78 is 5.68. The van der Waals surface area contributed by atoms with Crippen LogP contribution in [0.15, 0.2) is 24.8 Å². The van der Waals surface area contributed by atoms with E-state index in [1.807, 2.05) is 0 Å². The molecule has 0 saturated carbocycles. The molecule has 0 aliphatic heterocycles. The number of nitrogens with zero attached hydrogens (tertiary/aromatic N) is 1. The van der Waals surface area contributed by atoms with Crippen molar-refractivity contribution in [3.8, 4) is 11.8 Å². The van der Waals surface area contributed by atoms with Crippen LogP contribution < -0.4 is 0 Å². The van der Waals surface area contributed by atoms with Gasteiger partial charge in [-0.2, -0.15) is 0 Å². The van der Waals surface area contributed by atoms with Crippen LogP contribution in [0.1, 0.15) is 6.42 Å². The molecule has 6 nitrogen and oxygen atoms in total. The molecule has 1 aromatic heterocycles. The highest BCUT2D eigenvalue weighted by Gasteiger charge is 2.10. The minimum absolute atomic E-state index is 0.0106. The Labute approximate surface area is 97.7 Å². The molecular weight excluding hydrogens is 226 g/mol. The van der Waals surface area contributed by atoms with Gasteiger partial charge in [-0.3, -0.25) is 9.36 Å². The lowest BCUT2D eigenvalue weighted by molar-refractivity contribution is -0.138. The Bertz CT molecular complexity index is 416. The summed E-state index contributed by atoms with van der Waals surface area (Å²) in [6.45, 7) is 2.99. The lowest BCUT2D eigenvalue weighted by Gasteiger charge is -2.06. The molecule has 0 fully saturated rings. The fraction of sp³-hybridized carbons (Fsp3) is 0.273. The van der Waals surface area contributed by atoms with Crippen LogP contribution in [-0.4, -0.2) is 33.1 Å². The van der Waals surface area contributed by atoms with Gasteiger partial charge in [-0.1, -0.05) is 6.58 Å². The van der Waals surface area contributed by atoms with Crippen molar-refractivity contribution in [1.29, 1.82) is 0 Å². The Morgan fingerprint density at radius 3 is 2.47 bits per heavy atom. The van der Waals surface area contributed by atoms with Crippen LogP contribution in [0.5, 0.6) is 11.8 Å². The second-order valence-electron chi connectivity index (χ2n) is 3.30. The third-order valence-corrected chi connectivity index (χ3v) is 2.06. The van der Waals surface area contributed by atoms with Crippen LogP contribution in [0.2, 0.25) is 0 Å². The fourth-order valence-corrected chi connectivity index (χ4v) is 1.19. The Morgan fingerprint density at radius 1 is 1.35 bits per heavy atom. The smallest absolute Gasteiger partial charge is 0.330 e. The predicted octanol–water partition coefficient (Wildman–Crippen LogP) is 0.588. The Kier molecular flexibility index (Phi) is 4.33. The van der Waals surface area contributed by atoms with Gasteiger partial charge >= 0.3 is 5.97 Å². The van der Waals surface area contributed by atoms with Gasteiger partial charge in [-0.15, -0.1) is 0 Å². The topological polar surface area (TPSA) is 88.8 Å². The summed E-state index contributed by atoms with van der Waals surface area (Å²) in [5, 5.41) is 18.6. The number of rotatable bonds is 6. The van der Waals surface area contributed by atoms with Crippen LogP contribution >= 0.6 is 0 Å². The summed E-state index contributed by atoms with van der Waals surface area (Å²) in [6, 6.07) is 2.56. The van der Waals surface area contributed by atoms with E-state index in [2.05, 4.69) is 11.3 Å². The zero-order chi connectivity index (χ0) is 12.8. The number of hydrogen-bond donors (Lipinski definition) is 2. The van der Waals surface area contributed by atoms with Gasteiger partial charge in [-0.25, -0.2) is 4.79 Å². The highest BCUT2D eigenvalue weighted by molar-refractivity contribution is 5.82. The average molecular weight is 239 g/mol. The summed E-state index contributed by atoms with van der Waals surface area (Å²) in [5.41, 5.74) is 0. The molecule has 0 spiro atoms. The summed E-state index contributed by atoms with van der Waals surface area (Å²) in [7, 11) is 0. The maximum Gasteiger partial charge on any atom is 0.330 e. The maximum atomic E-state index is 11.4. The van der Waals surface area contributed by atoms with Crippen molar-refractivity contribution in [2.75, 3.05) is 6.61 Å². The zero-order valence-electron chi connectivity index (χ0n) is 9.13. The number of aromatic nitrogens is 1. The van der Waals surface area contributed by atoms with E-state index in [1.165, 1.54) is 12.1 Å². The molecule has 1 heterocycles. The standard InChI is InChI=1S/C11H13NO5/c1-2-11(16)17-6-5-8(13)7-12-9(14)3-4-10(12)15/h2-4,14-15H,1,5-7H2. The first-order valence-corrected chi connectivity index (χ1v) is 4.93. The van der Waals surface area contributed by atoms with Gasteiger partial charge in [0.05, 0.1) is 13.2 Å². The van der Waals surface area contributed by atoms with E-state index in [0.717, 1.165) is 10.6 Å². The van der Waals surface area contributed by atoms with Gasteiger partial charge in [-0.05, 0) is 0 Å². The molecule has 0 radical (unpaired) electrons. The quantitative estimate of drug-likeness (QED) is 0.560. The van der Waals surface area contributed by atoms with Crippen molar-refractivity contribution in [3.63, 3.8) is 0 Å². The largest absolute Gasteiger partial charge is 0.494 e. The number of carbonyl (C=O) groups is 2. The number of esters is 1. The molecule has 1 aromatic rings. The predicted molar refractivity (Wildman–Crippen MR) is 58.5 cm³/mol. The lowest BCUT2D eigenvalue weighted by Crippen LogP contribution is -2.13. The molecular formula is C11H13NO5. The first-order chi connectivity index (χ1) is 8.04. The van der Waals surface area contributed by atoms with Crippen molar-refractivity contribution >= 4 is 11.8 Å². The number of carbonyl (C=O) groups excluding carboxylic acids is 2. The van der Waals surface area contributed by atoms with E-state index in [1.54, 1.807) is 0 Å². The van der Waals surface area contributed by atoms with Crippen molar-refractivity contribution in [2.24, 2.45) is 0 Å². The Hall–Kier alpha value is -2.24. The summed E-state index contributed by atoms with van der Waals surface area (Å²) in [4.78, 5) is 22.1. The molecule has 17 heavy (non-hydrogen) atoms. The van der Waals surface area contributed by atoms with E-state index in [0.29, 0.717) is 0 Å². The van der Waals surface area contributed by atoms with Crippen LogP contribution in [-0.2, 0) is 20.9 Å². The van der Waals surface area contributed by atoms with Gasteiger partial charge in [0.15, 0.2) is 17.5 Å². The SMILES string of the molecule is C=CC(=O)OCCC(=O)Cn1c(O)ccc1O. The van der Waals surface area contributed by atoms with Crippen molar-refractivity contribution in [1.82, 2.24) is 4.57 Å². The van der Waals surface area contributed by atoms with E-state index in [-0.39, 0.29) is 37.1 Å². The van der Waals surface area contributed by atoms with Gasteiger partial charge in [0.25, 0.3) is 0 Å². The number of Topliss-reactive ketones (excluding diaryl/α,β-unsaturated/α-hetero) is 1. The normalized spacial score (nSPS) is 9.88. The molecule has 0 aromatic carbocycles. The minimum Gasteiger partial charge on any atom is -0.494 e. The van der Waals surface area contributed by atoms with Crippen LogP contribution in [0, 0.1) is 0 Å². The van der Waals surface area contributed by atoms with Crippen LogP contribution in [0.3, 0.4) is 0 Å². The Balaban J connectivity index is 2.40. The van der Waals surface area contributed by atoms with Crippen molar-refractivity contribution in [3.05, 3.63) is 24.8 Å². The third-order valence-electron chi connectivity index (χ3n) is 2.06. The molecule has 0 atom stereocenters. The van der Waals surface area contributed by atoms with Crippen molar-refractivity contribution in [2.45, 2.75) is 13.0 Å². The molecule has 0 amide bonds. The molecule has 1 rings (SSSR count). The highest BCUT2D eigenvalue weighted by atomic mass is 16.5. The summed E-state index contributed by atoms with van der Waals surface area (Å²) >= 11 is 0. The molecule has 0 saturated heterocycles. The number of ether oxygens (including phenoxy) is 1. The number of aromatic hydroxyl groups is 2. The summed E-state index contributed by atoms with van der Waals surface area (Å²) in [5.74, 6) is -1.26. The van der Waals surface area contributed by atoms with Crippen LogP contribution in [0.25, 0.3) is 0 Å². The van der Waals surface area contributed by atoms with Gasteiger partial charge in [0.2, 0.25) is 0 Å². The highest BCUT2D eigenvalue weighted by Crippen LogP contribution is 2.20. The van der Waals surface area contributed by atoms with E-state index in [4.69, 9.17) is 0 Å².